The molecule has 0 saturated carbocycles. The van der Waals surface area contributed by atoms with E-state index in [0.29, 0.717) is 0 Å². The molecule has 108 valence electrons. The van der Waals surface area contributed by atoms with Gasteiger partial charge in [0.25, 0.3) is 20.2 Å². The second-order valence-electron chi connectivity index (χ2n) is 3.75. The molecule has 0 aliphatic carbocycles. The first-order valence-corrected chi connectivity index (χ1v) is 8.22. The SMILES string of the molecule is NS(=O)(=O)Nc1cccc(NS(=O)(=O)c2ccn[nH]2)c1. The van der Waals surface area contributed by atoms with Gasteiger partial charge in [-0.1, -0.05) is 6.07 Å². The van der Waals surface area contributed by atoms with E-state index in [-0.39, 0.29) is 16.4 Å². The van der Waals surface area contributed by atoms with Crippen LogP contribution in [-0.4, -0.2) is 27.0 Å². The highest BCUT2D eigenvalue weighted by atomic mass is 32.2. The molecular weight excluding hydrogens is 306 g/mol. The van der Waals surface area contributed by atoms with E-state index in [1.165, 1.54) is 36.5 Å². The molecule has 0 fully saturated rings. The summed E-state index contributed by atoms with van der Waals surface area (Å²) in [4.78, 5) is 0. The van der Waals surface area contributed by atoms with E-state index in [0.717, 1.165) is 0 Å². The maximum atomic E-state index is 11.9. The van der Waals surface area contributed by atoms with Gasteiger partial charge in [-0.2, -0.15) is 21.9 Å². The van der Waals surface area contributed by atoms with Crippen LogP contribution in [0.4, 0.5) is 11.4 Å². The molecule has 0 spiro atoms. The number of anilines is 2. The van der Waals surface area contributed by atoms with Crippen molar-refractivity contribution in [2.75, 3.05) is 9.44 Å². The molecule has 1 aromatic carbocycles. The van der Waals surface area contributed by atoms with Gasteiger partial charge < -0.3 is 0 Å². The van der Waals surface area contributed by atoms with Crippen LogP contribution in [0.25, 0.3) is 0 Å². The lowest BCUT2D eigenvalue weighted by molar-refractivity contribution is 0.597. The second kappa shape index (κ2) is 5.11. The monoisotopic (exact) mass is 317 g/mol. The highest BCUT2D eigenvalue weighted by Gasteiger charge is 2.15. The van der Waals surface area contributed by atoms with Gasteiger partial charge in [0.1, 0.15) is 0 Å². The standard InChI is InChI=1S/C9H11N5O4S2/c10-20(17,18)14-8-3-1-2-7(6-8)13-19(15,16)9-4-5-11-12-9/h1-6,13-14H,(H,11,12)(H2,10,17,18). The van der Waals surface area contributed by atoms with E-state index < -0.39 is 20.2 Å². The summed E-state index contributed by atoms with van der Waals surface area (Å²) in [5.74, 6) is 0. The summed E-state index contributed by atoms with van der Waals surface area (Å²) >= 11 is 0. The zero-order chi connectivity index (χ0) is 14.8. The van der Waals surface area contributed by atoms with E-state index in [1.54, 1.807) is 0 Å². The topological polar surface area (TPSA) is 147 Å². The first kappa shape index (κ1) is 14.3. The van der Waals surface area contributed by atoms with Crippen LogP contribution < -0.4 is 14.6 Å². The van der Waals surface area contributed by atoms with Crippen molar-refractivity contribution in [2.24, 2.45) is 5.14 Å². The smallest absolute Gasteiger partial charge is 0.278 e. The predicted molar refractivity (Wildman–Crippen MR) is 72.6 cm³/mol. The zero-order valence-electron chi connectivity index (χ0n) is 9.94. The van der Waals surface area contributed by atoms with Gasteiger partial charge in [-0.3, -0.25) is 14.5 Å². The summed E-state index contributed by atoms with van der Waals surface area (Å²) in [6.45, 7) is 0. The summed E-state index contributed by atoms with van der Waals surface area (Å²) < 4.78 is 49.9. The van der Waals surface area contributed by atoms with Gasteiger partial charge in [0, 0.05) is 0 Å². The Morgan fingerprint density at radius 1 is 1.05 bits per heavy atom. The van der Waals surface area contributed by atoms with Crippen LogP contribution in [0, 0.1) is 0 Å². The molecule has 5 N–H and O–H groups in total. The van der Waals surface area contributed by atoms with Gasteiger partial charge >= 0.3 is 0 Å². The van der Waals surface area contributed by atoms with Crippen molar-refractivity contribution < 1.29 is 16.8 Å². The summed E-state index contributed by atoms with van der Waals surface area (Å²) in [7, 11) is -7.73. The molecule has 2 aromatic rings. The number of hydrogen-bond acceptors (Lipinski definition) is 5. The van der Waals surface area contributed by atoms with E-state index in [1.807, 2.05) is 4.72 Å². The van der Waals surface area contributed by atoms with Gasteiger partial charge in [0.15, 0.2) is 5.03 Å². The molecule has 0 atom stereocenters. The predicted octanol–water partition coefficient (Wildman–Crippen LogP) is -0.174. The Kier molecular flexibility index (Phi) is 3.65. The van der Waals surface area contributed by atoms with Crippen molar-refractivity contribution in [3.63, 3.8) is 0 Å². The lowest BCUT2D eigenvalue weighted by atomic mass is 10.3. The average molecular weight is 317 g/mol. The van der Waals surface area contributed by atoms with Crippen molar-refractivity contribution in [1.29, 1.82) is 0 Å². The lowest BCUT2D eigenvalue weighted by Gasteiger charge is -2.08. The van der Waals surface area contributed by atoms with Gasteiger partial charge in [-0.25, -0.2) is 5.14 Å². The Bertz CT molecular complexity index is 799. The molecule has 0 bridgehead atoms. The Morgan fingerprint density at radius 2 is 1.70 bits per heavy atom. The number of aromatic nitrogens is 2. The van der Waals surface area contributed by atoms with Crippen LogP contribution in [-0.2, 0) is 20.2 Å². The molecule has 20 heavy (non-hydrogen) atoms. The Balaban J connectivity index is 2.25. The molecule has 11 heteroatoms. The Morgan fingerprint density at radius 3 is 2.25 bits per heavy atom. The van der Waals surface area contributed by atoms with E-state index in [9.17, 15) is 16.8 Å². The molecule has 9 nitrogen and oxygen atoms in total. The summed E-state index contributed by atoms with van der Waals surface area (Å²) in [6.07, 6.45) is 1.30. The van der Waals surface area contributed by atoms with Gasteiger partial charge in [0.2, 0.25) is 0 Å². The number of rotatable bonds is 5. The fourth-order valence-electron chi connectivity index (χ4n) is 1.41. The van der Waals surface area contributed by atoms with Crippen LogP contribution in [0.2, 0.25) is 0 Å². The van der Waals surface area contributed by atoms with Gasteiger partial charge in [0.05, 0.1) is 17.6 Å². The maximum Gasteiger partial charge on any atom is 0.296 e. The molecule has 0 amide bonds. The Hall–Kier alpha value is -2.11. The average Bonchev–Trinajstić information content (AvgIpc) is 2.80. The van der Waals surface area contributed by atoms with E-state index >= 15 is 0 Å². The molecule has 0 radical (unpaired) electrons. The number of nitrogens with two attached hydrogens (primary N) is 1. The third kappa shape index (κ3) is 3.69. The third-order valence-corrected chi connectivity index (χ3v) is 3.97. The molecule has 1 heterocycles. The third-order valence-electron chi connectivity index (χ3n) is 2.14. The van der Waals surface area contributed by atoms with Crippen molar-refractivity contribution in [1.82, 2.24) is 10.2 Å². The van der Waals surface area contributed by atoms with Crippen molar-refractivity contribution >= 4 is 31.6 Å². The number of nitrogens with zero attached hydrogens (tertiary/aromatic N) is 1. The molecule has 0 saturated heterocycles. The normalized spacial score (nSPS) is 12.1. The number of benzene rings is 1. The number of aromatic amines is 1. The van der Waals surface area contributed by atoms with Gasteiger partial charge in [-0.15, -0.1) is 0 Å². The molecule has 1 aromatic heterocycles. The van der Waals surface area contributed by atoms with E-state index in [2.05, 4.69) is 14.9 Å². The van der Waals surface area contributed by atoms with Crippen molar-refractivity contribution in [3.05, 3.63) is 36.5 Å². The maximum absolute atomic E-state index is 11.9. The fourth-order valence-corrected chi connectivity index (χ4v) is 2.83. The number of H-pyrrole nitrogens is 1. The summed E-state index contributed by atoms with van der Waals surface area (Å²) in [5, 5.41) is 10.6. The fraction of sp³-hybridized carbons (Fsp3) is 0. The molecular formula is C9H11N5O4S2. The largest absolute Gasteiger partial charge is 0.296 e. The highest BCUT2D eigenvalue weighted by molar-refractivity contribution is 7.92. The molecule has 0 aliphatic rings. The zero-order valence-corrected chi connectivity index (χ0v) is 11.6. The molecule has 0 aliphatic heterocycles. The summed E-state index contributed by atoms with van der Waals surface area (Å²) in [6, 6.07) is 6.94. The summed E-state index contributed by atoms with van der Waals surface area (Å²) in [5.41, 5.74) is 0.311. The first-order chi connectivity index (χ1) is 9.26. The first-order valence-electron chi connectivity index (χ1n) is 5.19. The van der Waals surface area contributed by atoms with E-state index in [4.69, 9.17) is 5.14 Å². The highest BCUT2D eigenvalue weighted by Crippen LogP contribution is 2.18. The minimum atomic E-state index is -3.92. The number of hydrogen-bond donors (Lipinski definition) is 4. The lowest BCUT2D eigenvalue weighted by Crippen LogP contribution is -2.21. The van der Waals surface area contributed by atoms with Crippen molar-refractivity contribution in [2.45, 2.75) is 5.03 Å². The second-order valence-corrected chi connectivity index (χ2v) is 6.70. The molecule has 0 unspecified atom stereocenters. The van der Waals surface area contributed by atoms with Crippen LogP contribution >= 0.6 is 0 Å². The van der Waals surface area contributed by atoms with Gasteiger partial charge in [-0.05, 0) is 24.3 Å². The quantitative estimate of drug-likeness (QED) is 0.604. The van der Waals surface area contributed by atoms with Crippen LogP contribution in [0.3, 0.4) is 0 Å². The van der Waals surface area contributed by atoms with Crippen molar-refractivity contribution in [3.8, 4) is 0 Å². The number of sulfonamides is 1. The van der Waals surface area contributed by atoms with Crippen LogP contribution in [0.1, 0.15) is 0 Å². The minimum Gasteiger partial charge on any atom is -0.278 e. The van der Waals surface area contributed by atoms with Crippen LogP contribution in [0.5, 0.6) is 0 Å². The van der Waals surface area contributed by atoms with Crippen LogP contribution in [0.15, 0.2) is 41.6 Å². The number of nitrogens with one attached hydrogen (secondary N) is 3. The molecule has 2 rings (SSSR count). The Labute approximate surface area is 115 Å². The minimum absolute atomic E-state index is 0.109.